The monoisotopic (exact) mass is 302 g/mol. The quantitative estimate of drug-likeness (QED) is 0.787. The Balaban J connectivity index is 2.51. The number of carboxylic acids is 1. The molecule has 0 aliphatic rings. The van der Waals surface area contributed by atoms with Gasteiger partial charge in [0.15, 0.2) is 0 Å². The molecule has 0 atom stereocenters. The van der Waals surface area contributed by atoms with E-state index in [0.717, 1.165) is 10.9 Å². The number of ether oxygens (including phenoxy) is 2. The van der Waals surface area contributed by atoms with Crippen LogP contribution in [0.4, 0.5) is 0 Å². The maximum atomic E-state index is 10.8. The fraction of sp³-hybridized carbons (Fsp3) is 0.417. The maximum absolute atomic E-state index is 10.8. The summed E-state index contributed by atoms with van der Waals surface area (Å²) in [6, 6.07) is 4.67. The van der Waals surface area contributed by atoms with E-state index < -0.39 is 5.97 Å². The van der Waals surface area contributed by atoms with E-state index in [9.17, 15) is 4.79 Å². The summed E-state index contributed by atoms with van der Waals surface area (Å²) in [5.41, 5.74) is 0.206. The lowest BCUT2D eigenvalue weighted by Crippen LogP contribution is -2.08. The number of carboxylic acid groups (broad SMARTS) is 1. The van der Waals surface area contributed by atoms with Crippen LogP contribution in [0.1, 0.15) is 23.7 Å². The Kier molecular flexibility index (Phi) is 6.00. The van der Waals surface area contributed by atoms with Crippen LogP contribution in [-0.2, 0) is 4.74 Å². The fourth-order valence-corrected chi connectivity index (χ4v) is 1.57. The van der Waals surface area contributed by atoms with E-state index in [2.05, 4.69) is 15.9 Å². The van der Waals surface area contributed by atoms with Crippen molar-refractivity contribution in [3.05, 3.63) is 28.2 Å². The zero-order chi connectivity index (χ0) is 12.7. The molecule has 0 radical (unpaired) electrons. The van der Waals surface area contributed by atoms with Gasteiger partial charge in [-0.2, -0.15) is 0 Å². The summed E-state index contributed by atoms with van der Waals surface area (Å²) < 4.78 is 11.4. The van der Waals surface area contributed by atoms with Gasteiger partial charge in [-0.15, -0.1) is 0 Å². The van der Waals surface area contributed by atoms with E-state index in [-0.39, 0.29) is 5.56 Å². The Morgan fingerprint density at radius 1 is 1.35 bits per heavy atom. The molecule has 0 bridgehead atoms. The van der Waals surface area contributed by atoms with Gasteiger partial charge in [0.25, 0.3) is 0 Å². The molecular formula is C12H15BrO4. The van der Waals surface area contributed by atoms with Crippen LogP contribution in [0.3, 0.4) is 0 Å². The van der Waals surface area contributed by atoms with Gasteiger partial charge in [0.2, 0.25) is 0 Å². The lowest BCUT2D eigenvalue weighted by molar-refractivity contribution is 0.0696. The number of halogens is 1. The maximum Gasteiger partial charge on any atom is 0.335 e. The van der Waals surface area contributed by atoms with Crippen molar-refractivity contribution in [2.75, 3.05) is 19.8 Å². The smallest absolute Gasteiger partial charge is 0.335 e. The zero-order valence-electron chi connectivity index (χ0n) is 9.61. The number of hydrogen-bond donors (Lipinski definition) is 1. The standard InChI is InChI=1S/C12H15BrO4/c1-2-5-16-6-7-17-11-8-9(12(14)15)3-4-10(11)13/h3-4,8H,2,5-7H2,1H3,(H,14,15). The van der Waals surface area contributed by atoms with Crippen LogP contribution < -0.4 is 4.74 Å². The minimum absolute atomic E-state index is 0.206. The van der Waals surface area contributed by atoms with Crippen LogP contribution in [0, 0.1) is 0 Å². The van der Waals surface area contributed by atoms with Gasteiger partial charge in [-0.3, -0.25) is 0 Å². The Bertz CT molecular complexity index is 379. The van der Waals surface area contributed by atoms with Crippen molar-refractivity contribution >= 4 is 21.9 Å². The van der Waals surface area contributed by atoms with Crippen molar-refractivity contribution in [2.45, 2.75) is 13.3 Å². The van der Waals surface area contributed by atoms with E-state index in [1.165, 1.54) is 12.1 Å². The lowest BCUT2D eigenvalue weighted by Gasteiger charge is -2.09. The molecule has 1 rings (SSSR count). The Hall–Kier alpha value is -1.07. The second-order valence-electron chi connectivity index (χ2n) is 3.41. The highest BCUT2D eigenvalue weighted by Gasteiger charge is 2.07. The molecule has 17 heavy (non-hydrogen) atoms. The van der Waals surface area contributed by atoms with Crippen LogP contribution in [0.5, 0.6) is 5.75 Å². The molecule has 0 amide bonds. The Morgan fingerprint density at radius 3 is 2.76 bits per heavy atom. The summed E-state index contributed by atoms with van der Waals surface area (Å²) in [6.45, 7) is 3.65. The average Bonchev–Trinajstić information content (AvgIpc) is 2.30. The molecule has 0 aliphatic heterocycles. The molecule has 0 unspecified atom stereocenters. The lowest BCUT2D eigenvalue weighted by atomic mass is 10.2. The first-order valence-corrected chi connectivity index (χ1v) is 6.18. The van der Waals surface area contributed by atoms with Gasteiger partial charge in [-0.05, 0) is 40.5 Å². The van der Waals surface area contributed by atoms with Crippen LogP contribution in [-0.4, -0.2) is 30.9 Å². The largest absolute Gasteiger partial charge is 0.490 e. The van der Waals surface area contributed by atoms with Gasteiger partial charge < -0.3 is 14.6 Å². The third kappa shape index (κ3) is 4.75. The molecule has 0 saturated carbocycles. The van der Waals surface area contributed by atoms with E-state index >= 15 is 0 Å². The summed E-state index contributed by atoms with van der Waals surface area (Å²) in [5.74, 6) is -0.449. The second kappa shape index (κ2) is 7.29. The highest BCUT2D eigenvalue weighted by atomic mass is 79.9. The van der Waals surface area contributed by atoms with E-state index in [1.54, 1.807) is 6.07 Å². The van der Waals surface area contributed by atoms with Gasteiger partial charge in [-0.1, -0.05) is 6.92 Å². The molecule has 1 N–H and O–H groups in total. The SMILES string of the molecule is CCCOCCOc1cc(C(=O)O)ccc1Br. The number of rotatable bonds is 7. The first kappa shape index (κ1) is 14.0. The molecule has 94 valence electrons. The van der Waals surface area contributed by atoms with Gasteiger partial charge >= 0.3 is 5.97 Å². The second-order valence-corrected chi connectivity index (χ2v) is 4.27. The van der Waals surface area contributed by atoms with E-state index in [4.69, 9.17) is 14.6 Å². The molecule has 0 fully saturated rings. The molecule has 0 aromatic heterocycles. The predicted molar refractivity (Wildman–Crippen MR) is 67.7 cm³/mol. The number of aromatic carboxylic acids is 1. The van der Waals surface area contributed by atoms with Crippen molar-refractivity contribution in [3.8, 4) is 5.75 Å². The van der Waals surface area contributed by atoms with Crippen LogP contribution >= 0.6 is 15.9 Å². The predicted octanol–water partition coefficient (Wildman–Crippen LogP) is 2.95. The van der Waals surface area contributed by atoms with E-state index in [1.807, 2.05) is 6.92 Å². The molecule has 1 aromatic carbocycles. The average molecular weight is 303 g/mol. The number of benzene rings is 1. The zero-order valence-corrected chi connectivity index (χ0v) is 11.2. The van der Waals surface area contributed by atoms with Gasteiger partial charge in [-0.25, -0.2) is 4.79 Å². The van der Waals surface area contributed by atoms with Gasteiger partial charge in [0.1, 0.15) is 12.4 Å². The summed E-state index contributed by atoms with van der Waals surface area (Å²) in [5, 5.41) is 8.85. The van der Waals surface area contributed by atoms with Crippen molar-refractivity contribution in [3.63, 3.8) is 0 Å². The molecule has 4 nitrogen and oxygen atoms in total. The molecule has 0 saturated heterocycles. The van der Waals surface area contributed by atoms with Crippen LogP contribution in [0.25, 0.3) is 0 Å². The summed E-state index contributed by atoms with van der Waals surface area (Å²) in [7, 11) is 0. The molecule has 0 spiro atoms. The number of carbonyl (C=O) groups is 1. The van der Waals surface area contributed by atoms with Crippen LogP contribution in [0.2, 0.25) is 0 Å². The van der Waals surface area contributed by atoms with Crippen molar-refractivity contribution in [2.24, 2.45) is 0 Å². The van der Waals surface area contributed by atoms with Gasteiger partial charge in [0, 0.05) is 6.61 Å². The molecule has 5 heteroatoms. The fourth-order valence-electron chi connectivity index (χ4n) is 1.20. The van der Waals surface area contributed by atoms with Crippen molar-refractivity contribution in [1.29, 1.82) is 0 Å². The van der Waals surface area contributed by atoms with Crippen LogP contribution in [0.15, 0.2) is 22.7 Å². The molecule has 0 heterocycles. The summed E-state index contributed by atoms with van der Waals surface area (Å²) in [6.07, 6.45) is 0.970. The highest BCUT2D eigenvalue weighted by molar-refractivity contribution is 9.10. The minimum atomic E-state index is -0.968. The first-order chi connectivity index (χ1) is 8.15. The van der Waals surface area contributed by atoms with Gasteiger partial charge in [0.05, 0.1) is 16.6 Å². The molecule has 1 aromatic rings. The van der Waals surface area contributed by atoms with Crippen molar-refractivity contribution in [1.82, 2.24) is 0 Å². The molecule has 0 aliphatic carbocycles. The molecular weight excluding hydrogens is 288 g/mol. The Morgan fingerprint density at radius 2 is 2.12 bits per heavy atom. The minimum Gasteiger partial charge on any atom is -0.490 e. The van der Waals surface area contributed by atoms with E-state index in [0.29, 0.717) is 25.6 Å². The Labute approximate surface area is 109 Å². The highest BCUT2D eigenvalue weighted by Crippen LogP contribution is 2.26. The topological polar surface area (TPSA) is 55.8 Å². The third-order valence-corrected chi connectivity index (χ3v) is 2.67. The summed E-state index contributed by atoms with van der Waals surface area (Å²) in [4.78, 5) is 10.8. The van der Waals surface area contributed by atoms with Crippen molar-refractivity contribution < 1.29 is 19.4 Å². The normalized spacial score (nSPS) is 10.2. The number of hydrogen-bond acceptors (Lipinski definition) is 3. The first-order valence-electron chi connectivity index (χ1n) is 5.38. The third-order valence-electron chi connectivity index (χ3n) is 2.01. The summed E-state index contributed by atoms with van der Waals surface area (Å²) >= 11 is 3.30.